The maximum absolute atomic E-state index is 13.6. The number of benzene rings is 3. The first-order valence-corrected chi connectivity index (χ1v) is 13.8. The van der Waals surface area contributed by atoms with E-state index in [4.69, 9.17) is 4.42 Å². The smallest absolute Gasteiger partial charge is 0.433 e. The van der Waals surface area contributed by atoms with E-state index in [0.29, 0.717) is 22.5 Å². The van der Waals surface area contributed by atoms with E-state index in [1.54, 1.807) is 24.3 Å². The summed E-state index contributed by atoms with van der Waals surface area (Å²) in [6, 6.07) is 27.9. The highest BCUT2D eigenvalue weighted by Gasteiger charge is 2.34. The van der Waals surface area contributed by atoms with Crippen LogP contribution in [0.15, 0.2) is 105 Å². The molecule has 0 radical (unpaired) electrons. The first-order chi connectivity index (χ1) is 19.7. The molecular formula is C30H18BrF3N4O2S. The number of carbonyl (C=O) groups excluding carboxylic acids is 1. The van der Waals surface area contributed by atoms with Crippen LogP contribution < -0.4 is 5.32 Å². The number of halogens is 4. The molecule has 2 aromatic heterocycles. The highest BCUT2D eigenvalue weighted by molar-refractivity contribution is 9.10. The molecule has 0 aliphatic rings. The number of nitriles is 1. The van der Waals surface area contributed by atoms with Gasteiger partial charge in [0, 0.05) is 21.2 Å². The van der Waals surface area contributed by atoms with E-state index >= 15 is 0 Å². The summed E-state index contributed by atoms with van der Waals surface area (Å²) < 4.78 is 47.5. The van der Waals surface area contributed by atoms with Gasteiger partial charge in [0.05, 0.1) is 11.4 Å². The van der Waals surface area contributed by atoms with Gasteiger partial charge in [0.2, 0.25) is 11.8 Å². The lowest BCUT2D eigenvalue weighted by molar-refractivity contribution is -0.141. The van der Waals surface area contributed by atoms with Gasteiger partial charge in [-0.15, -0.1) is 0 Å². The second-order valence-electron chi connectivity index (χ2n) is 8.62. The maximum atomic E-state index is 13.6. The van der Waals surface area contributed by atoms with Gasteiger partial charge in [-0.2, -0.15) is 18.4 Å². The van der Waals surface area contributed by atoms with Crippen molar-refractivity contribution in [2.45, 2.75) is 11.3 Å². The molecular weight excluding hydrogens is 617 g/mol. The number of furan rings is 1. The number of nitrogens with zero attached hydrogens (tertiary/aromatic N) is 3. The summed E-state index contributed by atoms with van der Waals surface area (Å²) in [6.07, 6.45) is -4.71. The highest BCUT2D eigenvalue weighted by atomic mass is 79.9. The quantitative estimate of drug-likeness (QED) is 0.143. The van der Waals surface area contributed by atoms with Gasteiger partial charge in [0.15, 0.2) is 5.16 Å². The molecule has 5 rings (SSSR count). The average molecular weight is 635 g/mol. The normalized spacial score (nSPS) is 11.2. The minimum atomic E-state index is -4.71. The Balaban J connectivity index is 1.42. The molecule has 3 aromatic carbocycles. The molecule has 1 N–H and O–H groups in total. The molecule has 1 amide bonds. The molecule has 0 bridgehead atoms. The molecule has 204 valence electrons. The molecule has 0 saturated heterocycles. The predicted octanol–water partition coefficient (Wildman–Crippen LogP) is 8.45. The van der Waals surface area contributed by atoms with Crippen molar-refractivity contribution in [1.82, 2.24) is 9.97 Å². The molecule has 0 saturated carbocycles. The summed E-state index contributed by atoms with van der Waals surface area (Å²) in [7, 11) is 0. The van der Waals surface area contributed by atoms with Crippen LogP contribution in [0.2, 0.25) is 0 Å². The molecule has 0 aliphatic heterocycles. The summed E-state index contributed by atoms with van der Waals surface area (Å²) in [5, 5.41) is 12.4. The zero-order valence-electron chi connectivity index (χ0n) is 20.9. The Morgan fingerprint density at radius 2 is 1.56 bits per heavy atom. The van der Waals surface area contributed by atoms with Gasteiger partial charge >= 0.3 is 6.18 Å². The summed E-state index contributed by atoms with van der Waals surface area (Å²) >= 11 is 4.04. The number of anilines is 1. The minimum Gasteiger partial charge on any atom is -0.438 e. The maximum Gasteiger partial charge on any atom is 0.433 e. The van der Waals surface area contributed by atoms with Crippen molar-refractivity contribution in [2.24, 2.45) is 0 Å². The molecule has 0 unspecified atom stereocenters. The highest BCUT2D eigenvalue weighted by Crippen LogP contribution is 2.41. The molecule has 41 heavy (non-hydrogen) atoms. The predicted molar refractivity (Wildman–Crippen MR) is 154 cm³/mol. The van der Waals surface area contributed by atoms with Crippen LogP contribution in [0.25, 0.3) is 33.7 Å². The van der Waals surface area contributed by atoms with Gasteiger partial charge in [-0.1, -0.05) is 100 Å². The first kappa shape index (κ1) is 28.1. The van der Waals surface area contributed by atoms with Crippen molar-refractivity contribution >= 4 is 39.5 Å². The standard InChI is InChI=1S/C30H18BrF3N4O2S/c31-21-13-11-18(12-14-21)23-15-24(30(32,33)34)37-29(36-23)41-17-25(39)38-28-22(16-35)26(19-7-3-1-4-8-19)27(40-28)20-9-5-2-6-10-20/h1-15H,17H2,(H,38,39). The number of hydrogen-bond acceptors (Lipinski definition) is 6. The SMILES string of the molecule is N#Cc1c(NC(=O)CSc2nc(-c3ccc(Br)cc3)cc(C(F)(F)F)n2)oc(-c2ccccc2)c1-c1ccccc1. The Labute approximate surface area is 245 Å². The van der Waals surface area contributed by atoms with Crippen LogP contribution in [0.4, 0.5) is 19.1 Å². The number of aromatic nitrogens is 2. The third-order valence-corrected chi connectivity index (χ3v) is 7.22. The molecule has 5 aromatic rings. The summed E-state index contributed by atoms with van der Waals surface area (Å²) in [4.78, 5) is 20.8. The van der Waals surface area contributed by atoms with Crippen LogP contribution in [-0.4, -0.2) is 21.6 Å². The molecule has 11 heteroatoms. The Morgan fingerprint density at radius 3 is 2.17 bits per heavy atom. The van der Waals surface area contributed by atoms with Crippen LogP contribution in [0.3, 0.4) is 0 Å². The van der Waals surface area contributed by atoms with Gasteiger partial charge in [0.25, 0.3) is 0 Å². The second-order valence-corrected chi connectivity index (χ2v) is 10.5. The van der Waals surface area contributed by atoms with E-state index in [-0.39, 0.29) is 28.1 Å². The fourth-order valence-corrected chi connectivity index (χ4v) is 4.92. The Kier molecular flexibility index (Phi) is 8.23. The average Bonchev–Trinajstić information content (AvgIpc) is 3.34. The topological polar surface area (TPSA) is 91.8 Å². The minimum absolute atomic E-state index is 0.0590. The van der Waals surface area contributed by atoms with Crippen molar-refractivity contribution < 1.29 is 22.4 Å². The van der Waals surface area contributed by atoms with Crippen molar-refractivity contribution in [1.29, 1.82) is 5.26 Å². The zero-order valence-corrected chi connectivity index (χ0v) is 23.3. The summed E-state index contributed by atoms with van der Waals surface area (Å²) in [5.74, 6) is -0.591. The van der Waals surface area contributed by atoms with Gasteiger partial charge in [-0.05, 0) is 23.8 Å². The summed E-state index contributed by atoms with van der Waals surface area (Å²) in [5.41, 5.74) is 1.48. The number of rotatable bonds is 7. The third-order valence-electron chi connectivity index (χ3n) is 5.84. The van der Waals surface area contributed by atoms with Crippen LogP contribution >= 0.6 is 27.7 Å². The molecule has 0 atom stereocenters. The van der Waals surface area contributed by atoms with Crippen molar-refractivity contribution in [3.63, 3.8) is 0 Å². The lowest BCUT2D eigenvalue weighted by atomic mass is 9.98. The van der Waals surface area contributed by atoms with Crippen LogP contribution in [0.1, 0.15) is 11.3 Å². The van der Waals surface area contributed by atoms with Crippen LogP contribution in [0, 0.1) is 11.3 Å². The Hall–Kier alpha value is -4.40. The molecule has 0 spiro atoms. The van der Waals surface area contributed by atoms with Crippen LogP contribution in [0.5, 0.6) is 0 Å². The van der Waals surface area contributed by atoms with Crippen molar-refractivity contribution in [3.8, 4) is 39.8 Å². The van der Waals surface area contributed by atoms with E-state index in [2.05, 4.69) is 37.3 Å². The van der Waals surface area contributed by atoms with Gasteiger partial charge < -0.3 is 4.42 Å². The van der Waals surface area contributed by atoms with Gasteiger partial charge in [-0.3, -0.25) is 10.1 Å². The summed E-state index contributed by atoms with van der Waals surface area (Å²) in [6.45, 7) is 0. The number of carbonyl (C=O) groups is 1. The number of alkyl halides is 3. The van der Waals surface area contributed by atoms with E-state index in [0.717, 1.165) is 27.9 Å². The Morgan fingerprint density at radius 1 is 0.927 bits per heavy atom. The molecule has 0 fully saturated rings. The Bertz CT molecular complexity index is 1740. The van der Waals surface area contributed by atoms with Gasteiger partial charge in [0.1, 0.15) is 23.1 Å². The van der Waals surface area contributed by atoms with E-state index < -0.39 is 17.8 Å². The number of hydrogen-bond donors (Lipinski definition) is 1. The lowest BCUT2D eigenvalue weighted by Crippen LogP contribution is -2.15. The third kappa shape index (κ3) is 6.51. The van der Waals surface area contributed by atoms with E-state index in [1.807, 2.05) is 60.7 Å². The monoisotopic (exact) mass is 634 g/mol. The fraction of sp³-hybridized carbons (Fsp3) is 0.0667. The lowest BCUT2D eigenvalue weighted by Gasteiger charge is -2.10. The zero-order chi connectivity index (χ0) is 29.0. The molecule has 6 nitrogen and oxygen atoms in total. The largest absolute Gasteiger partial charge is 0.438 e. The number of nitrogens with one attached hydrogen (secondary N) is 1. The first-order valence-electron chi connectivity index (χ1n) is 12.1. The van der Waals surface area contributed by atoms with E-state index in [9.17, 15) is 23.2 Å². The molecule has 0 aliphatic carbocycles. The van der Waals surface area contributed by atoms with Crippen LogP contribution in [-0.2, 0) is 11.0 Å². The van der Waals surface area contributed by atoms with Crippen molar-refractivity contribution in [2.75, 3.05) is 11.1 Å². The van der Waals surface area contributed by atoms with Gasteiger partial charge in [-0.25, -0.2) is 9.97 Å². The number of thioether (sulfide) groups is 1. The van der Waals surface area contributed by atoms with E-state index in [1.165, 1.54) is 0 Å². The fourth-order valence-electron chi connectivity index (χ4n) is 4.00. The second kappa shape index (κ2) is 12.0. The molecule has 2 heterocycles. The number of amides is 1. The van der Waals surface area contributed by atoms with Crippen molar-refractivity contribution in [3.05, 3.63) is 107 Å².